The highest BCUT2D eigenvalue weighted by atomic mass is 19.1. The summed E-state index contributed by atoms with van der Waals surface area (Å²) in [6.07, 6.45) is 1.79. The van der Waals surface area contributed by atoms with Crippen molar-refractivity contribution in [3.8, 4) is 5.75 Å². The third kappa shape index (κ3) is 5.31. The third-order valence-electron chi connectivity index (χ3n) is 4.79. The predicted octanol–water partition coefficient (Wildman–Crippen LogP) is 3.46. The largest absolute Gasteiger partial charge is 0.494 e. The van der Waals surface area contributed by atoms with Gasteiger partial charge in [0, 0.05) is 25.2 Å². The molecule has 1 fully saturated rings. The lowest BCUT2D eigenvalue weighted by atomic mass is 10.1. The Morgan fingerprint density at radius 3 is 2.57 bits per heavy atom. The average molecular weight is 384 g/mol. The molecule has 0 spiro atoms. The molecule has 28 heavy (non-hydrogen) atoms. The Kier molecular flexibility index (Phi) is 6.63. The Morgan fingerprint density at radius 1 is 1.14 bits per heavy atom. The number of unbranched alkanes of at least 4 members (excludes halogenated alkanes) is 1. The van der Waals surface area contributed by atoms with E-state index in [1.54, 1.807) is 17.0 Å². The maximum absolute atomic E-state index is 12.8. The van der Waals surface area contributed by atoms with Gasteiger partial charge in [-0.2, -0.15) is 0 Å². The van der Waals surface area contributed by atoms with E-state index in [4.69, 9.17) is 4.74 Å². The minimum Gasteiger partial charge on any atom is -0.494 e. The number of nitrogens with zero attached hydrogens (tertiary/aromatic N) is 1. The van der Waals surface area contributed by atoms with Crippen LogP contribution in [0.3, 0.4) is 0 Å². The van der Waals surface area contributed by atoms with Gasteiger partial charge in [-0.05, 0) is 56.2 Å². The Balaban J connectivity index is 1.35. The number of halogens is 1. The molecule has 0 radical (unpaired) electrons. The van der Waals surface area contributed by atoms with Crippen molar-refractivity contribution in [2.45, 2.75) is 26.2 Å². The molecule has 2 aromatic rings. The SMILES string of the molecule is Cc1ccc(N2CC(C(=O)NCCCCOc3ccc(F)cc3)CC2=O)cc1. The lowest BCUT2D eigenvalue weighted by Crippen LogP contribution is -2.33. The molecule has 1 heterocycles. The number of rotatable bonds is 8. The zero-order valence-corrected chi connectivity index (χ0v) is 16.0. The lowest BCUT2D eigenvalue weighted by Gasteiger charge is -2.17. The standard InChI is InChI=1S/C22H25FN2O3/c1-16-4-8-19(9-5-16)25-15-17(14-21(25)26)22(27)24-12-2-3-13-28-20-10-6-18(23)7-11-20/h4-11,17H,2-3,12-15H2,1H3,(H,24,27). The summed E-state index contributed by atoms with van der Waals surface area (Å²) in [5, 5.41) is 2.91. The molecular weight excluding hydrogens is 359 g/mol. The zero-order valence-electron chi connectivity index (χ0n) is 16.0. The highest BCUT2D eigenvalue weighted by Gasteiger charge is 2.34. The van der Waals surface area contributed by atoms with Crippen molar-refractivity contribution in [2.24, 2.45) is 5.92 Å². The van der Waals surface area contributed by atoms with Gasteiger partial charge in [0.2, 0.25) is 11.8 Å². The van der Waals surface area contributed by atoms with E-state index < -0.39 is 0 Å². The van der Waals surface area contributed by atoms with Crippen molar-refractivity contribution in [3.05, 3.63) is 59.9 Å². The molecule has 1 N–H and O–H groups in total. The number of amides is 2. The van der Waals surface area contributed by atoms with Gasteiger partial charge in [0.05, 0.1) is 12.5 Å². The van der Waals surface area contributed by atoms with E-state index >= 15 is 0 Å². The number of anilines is 1. The minimum absolute atomic E-state index is 0.0169. The minimum atomic E-state index is -0.315. The summed E-state index contributed by atoms with van der Waals surface area (Å²) < 4.78 is 18.3. The van der Waals surface area contributed by atoms with Gasteiger partial charge in [0.15, 0.2) is 0 Å². The first-order valence-corrected chi connectivity index (χ1v) is 9.56. The summed E-state index contributed by atoms with van der Waals surface area (Å²) in [4.78, 5) is 26.3. The molecule has 0 saturated carbocycles. The van der Waals surface area contributed by atoms with Crippen LogP contribution in [0.1, 0.15) is 24.8 Å². The van der Waals surface area contributed by atoms with Crippen LogP contribution < -0.4 is 15.0 Å². The molecule has 0 bridgehead atoms. The highest BCUT2D eigenvalue weighted by Crippen LogP contribution is 2.25. The van der Waals surface area contributed by atoms with Crippen LogP contribution in [0.25, 0.3) is 0 Å². The van der Waals surface area contributed by atoms with Crippen molar-refractivity contribution >= 4 is 17.5 Å². The maximum Gasteiger partial charge on any atom is 0.227 e. The Hall–Kier alpha value is -2.89. The molecule has 1 aliphatic rings. The molecule has 1 saturated heterocycles. The van der Waals surface area contributed by atoms with Crippen LogP contribution >= 0.6 is 0 Å². The first-order chi connectivity index (χ1) is 13.5. The number of hydrogen-bond acceptors (Lipinski definition) is 3. The van der Waals surface area contributed by atoms with Crippen molar-refractivity contribution in [1.29, 1.82) is 0 Å². The molecule has 0 aliphatic carbocycles. The van der Waals surface area contributed by atoms with Gasteiger partial charge >= 0.3 is 0 Å². The van der Waals surface area contributed by atoms with Gasteiger partial charge < -0.3 is 15.0 Å². The first kappa shape index (κ1) is 19.9. The molecule has 3 rings (SSSR count). The van der Waals surface area contributed by atoms with Crippen LogP contribution in [-0.2, 0) is 9.59 Å². The number of aryl methyl sites for hydroxylation is 1. The van der Waals surface area contributed by atoms with Crippen LogP contribution in [0, 0.1) is 18.7 Å². The van der Waals surface area contributed by atoms with Gasteiger partial charge in [-0.1, -0.05) is 17.7 Å². The maximum atomic E-state index is 12.8. The fourth-order valence-electron chi connectivity index (χ4n) is 3.16. The van der Waals surface area contributed by atoms with Crippen LogP contribution in [0.4, 0.5) is 10.1 Å². The van der Waals surface area contributed by atoms with E-state index in [1.165, 1.54) is 12.1 Å². The predicted molar refractivity (Wildman–Crippen MR) is 106 cm³/mol. The van der Waals surface area contributed by atoms with Crippen molar-refractivity contribution in [1.82, 2.24) is 5.32 Å². The fourth-order valence-corrected chi connectivity index (χ4v) is 3.16. The number of nitrogens with one attached hydrogen (secondary N) is 1. The summed E-state index contributed by atoms with van der Waals surface area (Å²) in [5.41, 5.74) is 1.97. The normalized spacial score (nSPS) is 16.3. The van der Waals surface area contributed by atoms with Gasteiger partial charge in [-0.25, -0.2) is 4.39 Å². The molecule has 2 aromatic carbocycles. The van der Waals surface area contributed by atoms with Gasteiger partial charge in [-0.3, -0.25) is 9.59 Å². The second-order valence-corrected chi connectivity index (χ2v) is 7.04. The molecule has 0 aromatic heterocycles. The van der Waals surface area contributed by atoms with E-state index in [1.807, 2.05) is 31.2 Å². The monoisotopic (exact) mass is 384 g/mol. The van der Waals surface area contributed by atoms with E-state index in [-0.39, 0.29) is 30.0 Å². The molecule has 5 nitrogen and oxygen atoms in total. The van der Waals surface area contributed by atoms with Crippen LogP contribution in [-0.4, -0.2) is 31.5 Å². The summed E-state index contributed by atoms with van der Waals surface area (Å²) in [6, 6.07) is 13.6. The second-order valence-electron chi connectivity index (χ2n) is 7.04. The first-order valence-electron chi connectivity index (χ1n) is 9.56. The Morgan fingerprint density at radius 2 is 1.86 bits per heavy atom. The number of ether oxygens (including phenoxy) is 1. The molecule has 1 aliphatic heterocycles. The zero-order chi connectivity index (χ0) is 19.9. The summed E-state index contributed by atoms with van der Waals surface area (Å²) in [5.74, 6) is -0.0733. The smallest absolute Gasteiger partial charge is 0.227 e. The van der Waals surface area contributed by atoms with E-state index in [0.29, 0.717) is 25.4 Å². The molecule has 1 atom stereocenters. The summed E-state index contributed by atoms with van der Waals surface area (Å²) >= 11 is 0. The van der Waals surface area contributed by atoms with E-state index in [2.05, 4.69) is 5.32 Å². The lowest BCUT2D eigenvalue weighted by molar-refractivity contribution is -0.126. The number of hydrogen-bond donors (Lipinski definition) is 1. The molecule has 2 amide bonds. The van der Waals surface area contributed by atoms with Gasteiger partial charge in [0.1, 0.15) is 11.6 Å². The van der Waals surface area contributed by atoms with Gasteiger partial charge in [-0.15, -0.1) is 0 Å². The molecule has 148 valence electrons. The second kappa shape index (κ2) is 9.35. The number of carbonyl (C=O) groups is 2. The Labute approximate surface area is 164 Å². The highest BCUT2D eigenvalue weighted by molar-refractivity contribution is 6.00. The molecule has 1 unspecified atom stereocenters. The molecule has 6 heteroatoms. The van der Waals surface area contributed by atoms with E-state index in [0.717, 1.165) is 24.1 Å². The molecular formula is C22H25FN2O3. The van der Waals surface area contributed by atoms with Crippen LogP contribution in [0.5, 0.6) is 5.75 Å². The quantitative estimate of drug-likeness (QED) is 0.709. The number of carbonyl (C=O) groups excluding carboxylic acids is 2. The van der Waals surface area contributed by atoms with Crippen molar-refractivity contribution in [3.63, 3.8) is 0 Å². The topological polar surface area (TPSA) is 58.6 Å². The third-order valence-corrected chi connectivity index (χ3v) is 4.79. The average Bonchev–Trinajstić information content (AvgIpc) is 3.08. The van der Waals surface area contributed by atoms with Crippen LogP contribution in [0.15, 0.2) is 48.5 Å². The van der Waals surface area contributed by atoms with Gasteiger partial charge in [0.25, 0.3) is 0 Å². The van der Waals surface area contributed by atoms with Crippen molar-refractivity contribution < 1.29 is 18.7 Å². The Bertz CT molecular complexity index is 806. The summed E-state index contributed by atoms with van der Waals surface area (Å²) in [7, 11) is 0. The van der Waals surface area contributed by atoms with Crippen molar-refractivity contribution in [2.75, 3.05) is 24.6 Å². The fraction of sp³-hybridized carbons (Fsp3) is 0.364. The summed E-state index contributed by atoms with van der Waals surface area (Å²) in [6.45, 7) is 3.46. The van der Waals surface area contributed by atoms with E-state index in [9.17, 15) is 14.0 Å². The van der Waals surface area contributed by atoms with Crippen LogP contribution in [0.2, 0.25) is 0 Å². The number of benzene rings is 2.